The van der Waals surface area contributed by atoms with Gasteiger partial charge in [0, 0.05) is 5.56 Å². The summed E-state index contributed by atoms with van der Waals surface area (Å²) >= 11 is 0. The molecule has 0 saturated carbocycles. The van der Waals surface area contributed by atoms with Crippen molar-refractivity contribution in [2.24, 2.45) is 0 Å². The number of ether oxygens (including phenoxy) is 2. The normalized spacial score (nSPS) is 10.1. The number of carbonyl (C=O) groups excluding carboxylic acids is 2. The number of esters is 1. The molecule has 22 heavy (non-hydrogen) atoms. The first kappa shape index (κ1) is 15.8. The summed E-state index contributed by atoms with van der Waals surface area (Å²) in [5.41, 5.74) is 2.77. The van der Waals surface area contributed by atoms with Gasteiger partial charge in [-0.05, 0) is 49.7 Å². The summed E-state index contributed by atoms with van der Waals surface area (Å²) in [5.74, 6) is -0.0618. The molecular formula is C18H18O4. The van der Waals surface area contributed by atoms with Crippen LogP contribution >= 0.6 is 0 Å². The molecule has 0 aliphatic rings. The topological polar surface area (TPSA) is 52.6 Å². The zero-order valence-corrected chi connectivity index (χ0v) is 12.9. The zero-order chi connectivity index (χ0) is 16.1. The van der Waals surface area contributed by atoms with Gasteiger partial charge in [0.2, 0.25) is 0 Å². The Morgan fingerprint density at radius 2 is 1.68 bits per heavy atom. The van der Waals surface area contributed by atoms with Crippen molar-refractivity contribution in [1.29, 1.82) is 0 Å². The van der Waals surface area contributed by atoms with Gasteiger partial charge in [-0.2, -0.15) is 0 Å². The molecule has 0 aliphatic carbocycles. The quantitative estimate of drug-likeness (QED) is 0.627. The maximum atomic E-state index is 12.1. The van der Waals surface area contributed by atoms with Crippen molar-refractivity contribution < 1.29 is 19.1 Å². The summed E-state index contributed by atoms with van der Waals surface area (Å²) in [7, 11) is 1.56. The van der Waals surface area contributed by atoms with Gasteiger partial charge in [0.15, 0.2) is 12.4 Å². The lowest BCUT2D eigenvalue weighted by atomic mass is 10.1. The average Bonchev–Trinajstić information content (AvgIpc) is 2.54. The van der Waals surface area contributed by atoms with E-state index in [4.69, 9.17) is 9.47 Å². The van der Waals surface area contributed by atoms with Crippen LogP contribution in [-0.2, 0) is 4.74 Å². The smallest absolute Gasteiger partial charge is 0.338 e. The third-order valence-corrected chi connectivity index (χ3v) is 3.36. The molecule has 0 spiro atoms. The van der Waals surface area contributed by atoms with E-state index in [1.807, 2.05) is 26.0 Å². The molecule has 2 rings (SSSR count). The Morgan fingerprint density at radius 1 is 1.00 bits per heavy atom. The monoisotopic (exact) mass is 298 g/mol. The van der Waals surface area contributed by atoms with Crippen molar-refractivity contribution in [2.75, 3.05) is 13.7 Å². The van der Waals surface area contributed by atoms with E-state index < -0.39 is 5.97 Å². The molecule has 0 fully saturated rings. The summed E-state index contributed by atoms with van der Waals surface area (Å²) in [6.45, 7) is 3.46. The molecule has 0 N–H and O–H groups in total. The number of ketones is 1. The molecule has 0 saturated heterocycles. The molecule has 0 bridgehead atoms. The van der Waals surface area contributed by atoms with E-state index in [9.17, 15) is 9.59 Å². The predicted octanol–water partition coefficient (Wildman–Crippen LogP) is 3.35. The van der Waals surface area contributed by atoms with Crippen LogP contribution in [0.2, 0.25) is 0 Å². The van der Waals surface area contributed by atoms with Crippen LogP contribution in [-0.4, -0.2) is 25.5 Å². The fourth-order valence-corrected chi connectivity index (χ4v) is 2.02. The van der Waals surface area contributed by atoms with Gasteiger partial charge >= 0.3 is 5.97 Å². The van der Waals surface area contributed by atoms with Crippen molar-refractivity contribution in [2.45, 2.75) is 13.8 Å². The minimum atomic E-state index is -0.483. The fraction of sp³-hybridized carbons (Fsp3) is 0.222. The number of hydrogen-bond donors (Lipinski definition) is 0. The maximum Gasteiger partial charge on any atom is 0.338 e. The van der Waals surface area contributed by atoms with E-state index in [1.165, 1.54) is 0 Å². The van der Waals surface area contributed by atoms with Gasteiger partial charge < -0.3 is 9.47 Å². The summed E-state index contributed by atoms with van der Waals surface area (Å²) in [5, 5.41) is 0. The SMILES string of the molecule is COc1ccc(C(=O)COC(=O)c2cc(C)ccc2C)cc1. The summed E-state index contributed by atoms with van der Waals surface area (Å²) in [6, 6.07) is 12.2. The van der Waals surface area contributed by atoms with Crippen LogP contribution < -0.4 is 4.74 Å². The van der Waals surface area contributed by atoms with Crippen LogP contribution in [0.5, 0.6) is 5.75 Å². The van der Waals surface area contributed by atoms with Gasteiger partial charge in [-0.3, -0.25) is 4.79 Å². The van der Waals surface area contributed by atoms with Crippen LogP contribution in [0.4, 0.5) is 0 Å². The first-order chi connectivity index (χ1) is 10.5. The van der Waals surface area contributed by atoms with Gasteiger partial charge in [-0.25, -0.2) is 4.79 Å². The summed E-state index contributed by atoms with van der Waals surface area (Å²) < 4.78 is 10.1. The van der Waals surface area contributed by atoms with Crippen LogP contribution in [0.25, 0.3) is 0 Å². The molecular weight excluding hydrogens is 280 g/mol. The Kier molecular flexibility index (Phi) is 4.94. The highest BCUT2D eigenvalue weighted by Crippen LogP contribution is 2.14. The lowest BCUT2D eigenvalue weighted by Crippen LogP contribution is -2.15. The second-order valence-electron chi connectivity index (χ2n) is 5.05. The second kappa shape index (κ2) is 6.89. The lowest BCUT2D eigenvalue weighted by Gasteiger charge is -2.08. The number of methoxy groups -OCH3 is 1. The number of rotatable bonds is 5. The fourth-order valence-electron chi connectivity index (χ4n) is 2.02. The first-order valence-electron chi connectivity index (χ1n) is 6.93. The minimum absolute atomic E-state index is 0.249. The Morgan fingerprint density at radius 3 is 2.32 bits per heavy atom. The zero-order valence-electron chi connectivity index (χ0n) is 12.9. The van der Waals surface area contributed by atoms with Crippen molar-refractivity contribution >= 4 is 11.8 Å². The Labute approximate surface area is 129 Å². The van der Waals surface area contributed by atoms with Crippen molar-refractivity contribution in [3.05, 3.63) is 64.7 Å². The Balaban J connectivity index is 2.00. The van der Waals surface area contributed by atoms with Crippen molar-refractivity contribution in [3.8, 4) is 5.75 Å². The molecule has 0 atom stereocenters. The van der Waals surface area contributed by atoms with Crippen LogP contribution in [0.1, 0.15) is 31.8 Å². The number of benzene rings is 2. The molecule has 0 aliphatic heterocycles. The second-order valence-corrected chi connectivity index (χ2v) is 5.05. The molecule has 0 aromatic heterocycles. The first-order valence-corrected chi connectivity index (χ1v) is 6.93. The standard InChI is InChI=1S/C18H18O4/c1-12-4-5-13(2)16(10-12)18(20)22-11-17(19)14-6-8-15(21-3)9-7-14/h4-10H,11H2,1-3H3. The average molecular weight is 298 g/mol. The van der Waals surface area contributed by atoms with Gasteiger partial charge in [0.25, 0.3) is 0 Å². The van der Waals surface area contributed by atoms with Crippen molar-refractivity contribution in [1.82, 2.24) is 0 Å². The highest BCUT2D eigenvalue weighted by Gasteiger charge is 2.14. The molecule has 0 heterocycles. The van der Waals surface area contributed by atoms with Gasteiger partial charge in [-0.15, -0.1) is 0 Å². The third kappa shape index (κ3) is 3.73. The lowest BCUT2D eigenvalue weighted by molar-refractivity contribution is 0.0474. The number of aryl methyl sites for hydroxylation is 2. The van der Waals surface area contributed by atoms with E-state index in [0.29, 0.717) is 16.9 Å². The van der Waals surface area contributed by atoms with Gasteiger partial charge in [-0.1, -0.05) is 17.7 Å². The van der Waals surface area contributed by atoms with E-state index >= 15 is 0 Å². The maximum absolute atomic E-state index is 12.1. The predicted molar refractivity (Wildman–Crippen MR) is 83.5 cm³/mol. The molecule has 0 amide bonds. The molecule has 114 valence electrons. The number of Topliss-reactive ketones (excluding diaryl/α,β-unsaturated/α-hetero) is 1. The number of hydrogen-bond acceptors (Lipinski definition) is 4. The molecule has 2 aromatic rings. The van der Waals surface area contributed by atoms with E-state index in [1.54, 1.807) is 37.4 Å². The van der Waals surface area contributed by atoms with Crippen LogP contribution in [0.15, 0.2) is 42.5 Å². The Hall–Kier alpha value is -2.62. The highest BCUT2D eigenvalue weighted by molar-refractivity contribution is 5.99. The van der Waals surface area contributed by atoms with Gasteiger partial charge in [0.05, 0.1) is 12.7 Å². The third-order valence-electron chi connectivity index (χ3n) is 3.36. The van der Waals surface area contributed by atoms with E-state index in [-0.39, 0.29) is 12.4 Å². The number of carbonyl (C=O) groups is 2. The molecule has 0 unspecified atom stereocenters. The summed E-state index contributed by atoms with van der Waals surface area (Å²) in [4.78, 5) is 24.1. The van der Waals surface area contributed by atoms with Crippen LogP contribution in [0, 0.1) is 13.8 Å². The van der Waals surface area contributed by atoms with E-state index in [2.05, 4.69) is 0 Å². The molecule has 0 radical (unpaired) electrons. The van der Waals surface area contributed by atoms with E-state index in [0.717, 1.165) is 11.1 Å². The van der Waals surface area contributed by atoms with Crippen LogP contribution in [0.3, 0.4) is 0 Å². The Bertz CT molecular complexity index is 687. The summed E-state index contributed by atoms with van der Waals surface area (Å²) in [6.07, 6.45) is 0. The molecule has 4 nitrogen and oxygen atoms in total. The van der Waals surface area contributed by atoms with Gasteiger partial charge in [0.1, 0.15) is 5.75 Å². The highest BCUT2D eigenvalue weighted by atomic mass is 16.5. The molecule has 4 heteroatoms. The minimum Gasteiger partial charge on any atom is -0.497 e. The molecule has 2 aromatic carbocycles. The van der Waals surface area contributed by atoms with Crippen molar-refractivity contribution in [3.63, 3.8) is 0 Å². The largest absolute Gasteiger partial charge is 0.497 e.